The molecule has 5 nitrogen and oxygen atoms in total. The van der Waals surface area contributed by atoms with E-state index in [1.54, 1.807) is 23.5 Å². The topological polar surface area (TPSA) is 60.5 Å². The van der Waals surface area contributed by atoms with Crippen molar-refractivity contribution < 1.29 is 14.3 Å². The van der Waals surface area contributed by atoms with Gasteiger partial charge in [-0.05, 0) is 12.1 Å². The van der Waals surface area contributed by atoms with E-state index in [0.29, 0.717) is 30.0 Å². The SMILES string of the molecule is CC(C)(C)c1csc(CCC(=O)Nc2ccc3c(c2)OCO3)n1. The van der Waals surface area contributed by atoms with Crippen molar-refractivity contribution in [1.29, 1.82) is 0 Å². The van der Waals surface area contributed by atoms with Gasteiger partial charge in [-0.1, -0.05) is 20.8 Å². The predicted octanol–water partition coefficient (Wildman–Crippen LogP) is 3.74. The van der Waals surface area contributed by atoms with Gasteiger partial charge in [0.2, 0.25) is 12.7 Å². The van der Waals surface area contributed by atoms with Crippen LogP contribution in [0.4, 0.5) is 5.69 Å². The van der Waals surface area contributed by atoms with Crippen molar-refractivity contribution in [2.45, 2.75) is 39.0 Å². The van der Waals surface area contributed by atoms with Gasteiger partial charge in [-0.2, -0.15) is 0 Å². The molecule has 1 amide bonds. The van der Waals surface area contributed by atoms with Crippen LogP contribution >= 0.6 is 11.3 Å². The van der Waals surface area contributed by atoms with Crippen molar-refractivity contribution >= 4 is 22.9 Å². The van der Waals surface area contributed by atoms with E-state index in [1.165, 1.54) is 0 Å². The van der Waals surface area contributed by atoms with Crippen LogP contribution in [0.1, 0.15) is 37.9 Å². The molecule has 1 N–H and O–H groups in total. The molecule has 0 spiro atoms. The molecule has 0 bridgehead atoms. The molecule has 0 aliphatic carbocycles. The molecule has 1 aromatic carbocycles. The first-order valence-corrected chi connectivity index (χ1v) is 8.44. The summed E-state index contributed by atoms with van der Waals surface area (Å²) in [5.74, 6) is 1.34. The van der Waals surface area contributed by atoms with Crippen LogP contribution in [-0.2, 0) is 16.6 Å². The quantitative estimate of drug-likeness (QED) is 0.926. The zero-order valence-electron chi connectivity index (χ0n) is 13.5. The van der Waals surface area contributed by atoms with Crippen LogP contribution in [0.3, 0.4) is 0 Å². The Morgan fingerprint density at radius 1 is 1.30 bits per heavy atom. The molecular weight excluding hydrogens is 312 g/mol. The first kappa shape index (κ1) is 15.8. The lowest BCUT2D eigenvalue weighted by Crippen LogP contribution is -2.13. The third-order valence-electron chi connectivity index (χ3n) is 3.54. The van der Waals surface area contributed by atoms with Crippen molar-refractivity contribution in [3.05, 3.63) is 34.3 Å². The highest BCUT2D eigenvalue weighted by Crippen LogP contribution is 2.34. The van der Waals surface area contributed by atoms with Gasteiger partial charge in [-0.3, -0.25) is 4.79 Å². The van der Waals surface area contributed by atoms with Gasteiger partial charge in [0.15, 0.2) is 11.5 Å². The maximum atomic E-state index is 12.1. The second-order valence-electron chi connectivity index (χ2n) is 6.49. The normalized spacial score (nSPS) is 13.2. The molecule has 0 atom stereocenters. The van der Waals surface area contributed by atoms with Gasteiger partial charge in [-0.25, -0.2) is 4.98 Å². The molecule has 2 aromatic rings. The Morgan fingerprint density at radius 3 is 2.83 bits per heavy atom. The average molecular weight is 332 g/mol. The summed E-state index contributed by atoms with van der Waals surface area (Å²) in [5.41, 5.74) is 1.84. The summed E-state index contributed by atoms with van der Waals surface area (Å²) >= 11 is 1.61. The Bertz CT molecular complexity index is 719. The van der Waals surface area contributed by atoms with Gasteiger partial charge >= 0.3 is 0 Å². The van der Waals surface area contributed by atoms with Gasteiger partial charge < -0.3 is 14.8 Å². The number of rotatable bonds is 4. The molecule has 23 heavy (non-hydrogen) atoms. The van der Waals surface area contributed by atoms with Gasteiger partial charge in [0.1, 0.15) is 0 Å². The number of thiazole rings is 1. The second-order valence-corrected chi connectivity index (χ2v) is 7.44. The molecule has 1 aromatic heterocycles. The van der Waals surface area contributed by atoms with E-state index in [0.717, 1.165) is 10.7 Å². The molecular formula is C17H20N2O3S. The lowest BCUT2D eigenvalue weighted by Gasteiger charge is -2.14. The number of anilines is 1. The largest absolute Gasteiger partial charge is 0.454 e. The van der Waals surface area contributed by atoms with Crippen molar-refractivity contribution in [2.75, 3.05) is 12.1 Å². The highest BCUT2D eigenvalue weighted by atomic mass is 32.1. The Hall–Kier alpha value is -2.08. The number of nitrogens with one attached hydrogen (secondary N) is 1. The van der Waals surface area contributed by atoms with Gasteiger partial charge in [0.05, 0.1) is 10.7 Å². The molecule has 0 unspecified atom stereocenters. The number of carbonyl (C=O) groups excluding carboxylic acids is 1. The molecule has 2 heterocycles. The van der Waals surface area contributed by atoms with Crippen LogP contribution in [0, 0.1) is 0 Å². The fourth-order valence-electron chi connectivity index (χ4n) is 2.19. The van der Waals surface area contributed by atoms with E-state index >= 15 is 0 Å². The molecule has 0 radical (unpaired) electrons. The minimum atomic E-state index is -0.0311. The Labute approximate surface area is 139 Å². The zero-order valence-corrected chi connectivity index (χ0v) is 14.3. The second kappa shape index (κ2) is 6.20. The number of fused-ring (bicyclic) bond motifs is 1. The van der Waals surface area contributed by atoms with Crippen LogP contribution in [0.5, 0.6) is 11.5 Å². The van der Waals surface area contributed by atoms with Crippen LogP contribution < -0.4 is 14.8 Å². The average Bonchev–Trinajstić information content (AvgIpc) is 3.13. The maximum absolute atomic E-state index is 12.1. The molecule has 3 rings (SSSR count). The molecule has 122 valence electrons. The van der Waals surface area contributed by atoms with E-state index in [-0.39, 0.29) is 18.1 Å². The summed E-state index contributed by atoms with van der Waals surface area (Å²) in [4.78, 5) is 16.7. The van der Waals surface area contributed by atoms with E-state index in [4.69, 9.17) is 9.47 Å². The van der Waals surface area contributed by atoms with Crippen LogP contribution in [0.15, 0.2) is 23.6 Å². The lowest BCUT2D eigenvalue weighted by atomic mass is 9.93. The molecule has 1 aliphatic rings. The maximum Gasteiger partial charge on any atom is 0.231 e. The summed E-state index contributed by atoms with van der Waals surface area (Å²) in [6.07, 6.45) is 1.06. The standard InChI is InChI=1S/C17H20N2O3S/c1-17(2,3)14-9-23-16(19-14)7-6-15(20)18-11-4-5-12-13(8-11)22-10-21-12/h4-5,8-9H,6-7,10H2,1-3H3,(H,18,20). The van der Waals surface area contributed by atoms with E-state index in [1.807, 2.05) is 6.07 Å². The van der Waals surface area contributed by atoms with Gasteiger partial charge in [-0.15, -0.1) is 11.3 Å². The number of hydrogen-bond donors (Lipinski definition) is 1. The third-order valence-corrected chi connectivity index (χ3v) is 4.45. The smallest absolute Gasteiger partial charge is 0.231 e. The fourth-order valence-corrected chi connectivity index (χ4v) is 3.21. The minimum absolute atomic E-state index is 0.0311. The summed E-state index contributed by atoms with van der Waals surface area (Å²) in [7, 11) is 0. The number of carbonyl (C=O) groups is 1. The van der Waals surface area contributed by atoms with Crippen molar-refractivity contribution in [3.8, 4) is 11.5 Å². The predicted molar refractivity (Wildman–Crippen MR) is 90.3 cm³/mol. The van der Waals surface area contributed by atoms with Gasteiger partial charge in [0.25, 0.3) is 0 Å². The Balaban J connectivity index is 1.54. The van der Waals surface area contributed by atoms with Crippen molar-refractivity contribution in [3.63, 3.8) is 0 Å². The Morgan fingerprint density at radius 2 is 2.09 bits per heavy atom. The summed E-state index contributed by atoms with van der Waals surface area (Å²) in [6.45, 7) is 6.64. The minimum Gasteiger partial charge on any atom is -0.454 e. The van der Waals surface area contributed by atoms with Crippen LogP contribution in [0.2, 0.25) is 0 Å². The summed E-state index contributed by atoms with van der Waals surface area (Å²) in [6, 6.07) is 5.39. The molecule has 0 saturated heterocycles. The van der Waals surface area contributed by atoms with Gasteiger partial charge in [0, 0.05) is 35.4 Å². The first-order valence-electron chi connectivity index (χ1n) is 7.56. The number of aromatic nitrogens is 1. The van der Waals surface area contributed by atoms with Crippen molar-refractivity contribution in [2.24, 2.45) is 0 Å². The van der Waals surface area contributed by atoms with Crippen molar-refractivity contribution in [1.82, 2.24) is 4.98 Å². The van der Waals surface area contributed by atoms with Crippen LogP contribution in [0.25, 0.3) is 0 Å². The van der Waals surface area contributed by atoms with E-state index in [2.05, 4.69) is 36.5 Å². The summed E-state index contributed by atoms with van der Waals surface area (Å²) in [5, 5.41) is 5.95. The zero-order chi connectivity index (χ0) is 16.4. The highest BCUT2D eigenvalue weighted by Gasteiger charge is 2.18. The summed E-state index contributed by atoms with van der Waals surface area (Å²) < 4.78 is 10.6. The molecule has 1 aliphatic heterocycles. The number of hydrogen-bond acceptors (Lipinski definition) is 5. The third kappa shape index (κ3) is 3.82. The van der Waals surface area contributed by atoms with Crippen LogP contribution in [-0.4, -0.2) is 17.7 Å². The number of amides is 1. The molecule has 0 saturated carbocycles. The number of benzene rings is 1. The lowest BCUT2D eigenvalue weighted by molar-refractivity contribution is -0.116. The Kier molecular flexibility index (Phi) is 4.26. The number of ether oxygens (including phenoxy) is 2. The molecule has 6 heteroatoms. The monoisotopic (exact) mass is 332 g/mol. The van der Waals surface area contributed by atoms with E-state index < -0.39 is 0 Å². The first-order chi connectivity index (χ1) is 10.9. The highest BCUT2D eigenvalue weighted by molar-refractivity contribution is 7.09. The van der Waals surface area contributed by atoms with E-state index in [9.17, 15) is 4.79 Å². The number of nitrogens with zero attached hydrogens (tertiary/aromatic N) is 1. The molecule has 0 fully saturated rings. The number of aryl methyl sites for hydroxylation is 1. The fraction of sp³-hybridized carbons (Fsp3) is 0.412.